The number of nitrogens with one attached hydrogen (secondary N) is 1. The minimum atomic E-state index is -0.0913. The Morgan fingerprint density at radius 2 is 1.67 bits per heavy atom. The van der Waals surface area contributed by atoms with Gasteiger partial charge in [-0.25, -0.2) is 0 Å². The van der Waals surface area contributed by atoms with E-state index < -0.39 is 0 Å². The smallest absolute Gasteiger partial charge is 0.251 e. The molecule has 0 aliphatic rings. The first kappa shape index (κ1) is 12.2. The number of hydrogen-bond donors (Lipinski definition) is 2. The van der Waals surface area contributed by atoms with Crippen molar-refractivity contribution in [1.29, 1.82) is 0 Å². The van der Waals surface area contributed by atoms with Gasteiger partial charge in [0.05, 0.1) is 6.04 Å². The van der Waals surface area contributed by atoms with E-state index in [2.05, 4.69) is 5.32 Å². The van der Waals surface area contributed by atoms with Crippen LogP contribution < -0.4 is 11.1 Å². The lowest BCUT2D eigenvalue weighted by Gasteiger charge is -2.14. The number of nitrogens with two attached hydrogens (primary N) is 1. The van der Waals surface area contributed by atoms with Gasteiger partial charge in [-0.05, 0) is 36.8 Å². The van der Waals surface area contributed by atoms with Gasteiger partial charge in [-0.3, -0.25) is 4.79 Å². The van der Waals surface area contributed by atoms with Gasteiger partial charge in [0.25, 0.3) is 5.91 Å². The summed E-state index contributed by atoms with van der Waals surface area (Å²) in [5.41, 5.74) is 7.94. The highest BCUT2D eigenvalue weighted by Crippen LogP contribution is 2.13. The van der Waals surface area contributed by atoms with E-state index >= 15 is 0 Å². The molecule has 18 heavy (non-hydrogen) atoms. The number of nitrogen functional groups attached to an aromatic ring is 1. The molecule has 1 atom stereocenters. The maximum absolute atomic E-state index is 12.0. The third kappa shape index (κ3) is 2.88. The molecule has 0 aliphatic heterocycles. The van der Waals surface area contributed by atoms with Crippen LogP contribution >= 0.6 is 0 Å². The van der Waals surface area contributed by atoms with E-state index in [1.807, 2.05) is 37.3 Å². The van der Waals surface area contributed by atoms with Gasteiger partial charge in [-0.2, -0.15) is 0 Å². The highest BCUT2D eigenvalue weighted by Gasteiger charge is 2.10. The van der Waals surface area contributed by atoms with Crippen LogP contribution in [0.1, 0.15) is 28.9 Å². The number of carbonyl (C=O) groups excluding carboxylic acids is 1. The molecule has 92 valence electrons. The molecule has 1 amide bonds. The highest BCUT2D eigenvalue weighted by atomic mass is 16.1. The molecule has 3 nitrogen and oxygen atoms in total. The molecule has 3 N–H and O–H groups in total. The van der Waals surface area contributed by atoms with Crippen LogP contribution in [0, 0.1) is 0 Å². The number of amides is 1. The van der Waals surface area contributed by atoms with Crippen molar-refractivity contribution in [2.24, 2.45) is 0 Å². The minimum Gasteiger partial charge on any atom is -0.399 e. The van der Waals surface area contributed by atoms with Crippen molar-refractivity contribution in [3.8, 4) is 0 Å². The molecule has 0 unspecified atom stereocenters. The van der Waals surface area contributed by atoms with E-state index in [0.717, 1.165) is 5.56 Å². The Morgan fingerprint density at radius 1 is 1.06 bits per heavy atom. The van der Waals surface area contributed by atoms with Crippen LogP contribution in [-0.4, -0.2) is 5.91 Å². The number of anilines is 1. The Hall–Kier alpha value is -2.29. The van der Waals surface area contributed by atoms with Crippen molar-refractivity contribution in [1.82, 2.24) is 5.32 Å². The summed E-state index contributed by atoms with van der Waals surface area (Å²) < 4.78 is 0. The molecule has 2 aromatic rings. The van der Waals surface area contributed by atoms with Crippen molar-refractivity contribution >= 4 is 11.6 Å². The number of carbonyl (C=O) groups is 1. The Labute approximate surface area is 107 Å². The first-order valence-corrected chi connectivity index (χ1v) is 5.88. The largest absolute Gasteiger partial charge is 0.399 e. The predicted octanol–water partition coefficient (Wildman–Crippen LogP) is 2.76. The molecule has 0 saturated heterocycles. The van der Waals surface area contributed by atoms with Crippen molar-refractivity contribution in [3.63, 3.8) is 0 Å². The summed E-state index contributed by atoms with van der Waals surface area (Å²) in [6.45, 7) is 1.96. The minimum absolute atomic E-state index is 0.0174. The van der Waals surface area contributed by atoms with Crippen molar-refractivity contribution in [3.05, 3.63) is 65.7 Å². The second-order valence-corrected chi connectivity index (χ2v) is 4.23. The van der Waals surface area contributed by atoms with Gasteiger partial charge in [0, 0.05) is 11.3 Å². The van der Waals surface area contributed by atoms with Gasteiger partial charge in [-0.15, -0.1) is 0 Å². The molecule has 0 saturated carbocycles. The Balaban J connectivity index is 2.06. The average Bonchev–Trinajstić information content (AvgIpc) is 2.40. The summed E-state index contributed by atoms with van der Waals surface area (Å²) >= 11 is 0. The molecular formula is C15H16N2O. The van der Waals surface area contributed by atoms with E-state index in [9.17, 15) is 4.79 Å². The third-order valence-electron chi connectivity index (χ3n) is 2.82. The van der Waals surface area contributed by atoms with Crippen LogP contribution in [0.5, 0.6) is 0 Å². The zero-order valence-corrected chi connectivity index (χ0v) is 10.3. The number of benzene rings is 2. The summed E-state index contributed by atoms with van der Waals surface area (Å²) in [7, 11) is 0. The van der Waals surface area contributed by atoms with E-state index in [1.165, 1.54) is 0 Å². The fourth-order valence-electron chi connectivity index (χ4n) is 1.74. The molecule has 0 aliphatic carbocycles. The van der Waals surface area contributed by atoms with Gasteiger partial charge < -0.3 is 11.1 Å². The lowest BCUT2D eigenvalue weighted by atomic mass is 10.1. The molecule has 0 radical (unpaired) electrons. The second kappa shape index (κ2) is 5.36. The van der Waals surface area contributed by atoms with E-state index in [4.69, 9.17) is 5.73 Å². The van der Waals surface area contributed by atoms with Gasteiger partial charge >= 0.3 is 0 Å². The van der Waals surface area contributed by atoms with Gasteiger partial charge in [0.15, 0.2) is 0 Å². The van der Waals surface area contributed by atoms with Crippen LogP contribution in [-0.2, 0) is 0 Å². The standard InChI is InChI=1S/C15H16N2O/c1-11(12-5-3-2-4-6-12)17-15(18)13-7-9-14(16)10-8-13/h2-11H,16H2,1H3,(H,17,18)/t11-/m0/s1. The second-order valence-electron chi connectivity index (χ2n) is 4.23. The van der Waals surface area contributed by atoms with Gasteiger partial charge in [0.2, 0.25) is 0 Å². The van der Waals surface area contributed by atoms with E-state index in [-0.39, 0.29) is 11.9 Å². The fourth-order valence-corrected chi connectivity index (χ4v) is 1.74. The monoisotopic (exact) mass is 240 g/mol. The summed E-state index contributed by atoms with van der Waals surface area (Å²) in [5, 5.41) is 2.95. The SMILES string of the molecule is C[C@H](NC(=O)c1ccc(N)cc1)c1ccccc1. The number of rotatable bonds is 3. The summed E-state index contributed by atoms with van der Waals surface area (Å²) in [5.74, 6) is -0.0913. The summed E-state index contributed by atoms with van der Waals surface area (Å²) in [6.07, 6.45) is 0. The maximum atomic E-state index is 12.0. The first-order valence-electron chi connectivity index (χ1n) is 5.88. The molecule has 0 bridgehead atoms. The van der Waals surface area contributed by atoms with Crippen LogP contribution in [0.2, 0.25) is 0 Å². The predicted molar refractivity (Wildman–Crippen MR) is 73.2 cm³/mol. The molecule has 0 aromatic heterocycles. The molecule has 0 fully saturated rings. The zero-order chi connectivity index (χ0) is 13.0. The molecule has 2 rings (SSSR count). The molecule has 0 spiro atoms. The topological polar surface area (TPSA) is 55.1 Å². The summed E-state index contributed by atoms with van der Waals surface area (Å²) in [6, 6.07) is 16.7. The Kier molecular flexibility index (Phi) is 3.63. The third-order valence-corrected chi connectivity index (χ3v) is 2.82. The van der Waals surface area contributed by atoms with Gasteiger partial charge in [-0.1, -0.05) is 30.3 Å². The number of hydrogen-bond acceptors (Lipinski definition) is 2. The lowest BCUT2D eigenvalue weighted by molar-refractivity contribution is 0.0940. The molecular weight excluding hydrogens is 224 g/mol. The molecule has 2 aromatic carbocycles. The van der Waals surface area contributed by atoms with Gasteiger partial charge in [0.1, 0.15) is 0 Å². The van der Waals surface area contributed by atoms with Crippen LogP contribution in [0.15, 0.2) is 54.6 Å². The fraction of sp³-hybridized carbons (Fsp3) is 0.133. The quantitative estimate of drug-likeness (QED) is 0.810. The summed E-state index contributed by atoms with van der Waals surface area (Å²) in [4.78, 5) is 12.0. The van der Waals surface area contributed by atoms with Crippen molar-refractivity contribution < 1.29 is 4.79 Å². The van der Waals surface area contributed by atoms with Crippen molar-refractivity contribution in [2.75, 3.05) is 5.73 Å². The molecule has 3 heteroatoms. The Bertz CT molecular complexity index is 520. The van der Waals surface area contributed by atoms with Crippen molar-refractivity contribution in [2.45, 2.75) is 13.0 Å². The van der Waals surface area contributed by atoms with Crippen LogP contribution in [0.25, 0.3) is 0 Å². The first-order chi connectivity index (χ1) is 8.66. The average molecular weight is 240 g/mol. The Morgan fingerprint density at radius 3 is 2.28 bits per heavy atom. The van der Waals surface area contributed by atoms with E-state index in [1.54, 1.807) is 24.3 Å². The highest BCUT2D eigenvalue weighted by molar-refractivity contribution is 5.94. The normalized spacial score (nSPS) is 11.8. The van der Waals surface area contributed by atoms with Crippen LogP contribution in [0.3, 0.4) is 0 Å². The molecule has 0 heterocycles. The zero-order valence-electron chi connectivity index (χ0n) is 10.3. The maximum Gasteiger partial charge on any atom is 0.251 e. The van der Waals surface area contributed by atoms with E-state index in [0.29, 0.717) is 11.3 Å². The lowest BCUT2D eigenvalue weighted by Crippen LogP contribution is -2.26. The van der Waals surface area contributed by atoms with Crippen LogP contribution in [0.4, 0.5) is 5.69 Å².